The summed E-state index contributed by atoms with van der Waals surface area (Å²) in [5.74, 6) is -0.0636. The van der Waals surface area contributed by atoms with E-state index in [1.165, 1.54) is 0 Å². The van der Waals surface area contributed by atoms with Gasteiger partial charge in [-0.2, -0.15) is 0 Å². The zero-order valence-electron chi connectivity index (χ0n) is 16.2. The van der Waals surface area contributed by atoms with E-state index in [1.807, 2.05) is 24.5 Å². The summed E-state index contributed by atoms with van der Waals surface area (Å²) in [4.78, 5) is 30.1. The van der Waals surface area contributed by atoms with Gasteiger partial charge in [0.2, 0.25) is 5.91 Å². The standard InChI is InChI=1S/C22H24N4O3/c27-20(14-22(7-11-29-12-8-22)25-9-1-2-10-25)24-16-3-6-19-18(13-16)21(28)26(15-23-19)17-4-5-17/h1-3,6,9-10,13,15,17H,4-5,7-8,11-12,14H2,(H,24,27). The van der Waals surface area contributed by atoms with E-state index in [-0.39, 0.29) is 23.0 Å². The molecule has 0 radical (unpaired) electrons. The van der Waals surface area contributed by atoms with Gasteiger partial charge in [0.1, 0.15) is 0 Å². The number of rotatable bonds is 5. The van der Waals surface area contributed by atoms with Crippen molar-refractivity contribution in [3.8, 4) is 0 Å². The lowest BCUT2D eigenvalue weighted by Gasteiger charge is -2.38. The van der Waals surface area contributed by atoms with E-state index >= 15 is 0 Å². The van der Waals surface area contributed by atoms with Gasteiger partial charge in [-0.15, -0.1) is 0 Å². The molecule has 7 heteroatoms. The second kappa shape index (κ2) is 7.15. The fourth-order valence-corrected chi connectivity index (χ4v) is 4.26. The summed E-state index contributed by atoms with van der Waals surface area (Å²) in [7, 11) is 0. The van der Waals surface area contributed by atoms with Gasteiger partial charge in [0.15, 0.2) is 0 Å². The molecular weight excluding hydrogens is 368 g/mol. The summed E-state index contributed by atoms with van der Waals surface area (Å²) in [6, 6.07) is 9.58. The molecule has 0 bridgehead atoms. The Hall–Kier alpha value is -2.93. The number of anilines is 1. The smallest absolute Gasteiger partial charge is 0.261 e. The second-order valence-corrected chi connectivity index (χ2v) is 8.07. The Balaban J connectivity index is 1.39. The Morgan fingerprint density at radius 1 is 1.21 bits per heavy atom. The van der Waals surface area contributed by atoms with Crippen molar-refractivity contribution in [3.63, 3.8) is 0 Å². The molecule has 29 heavy (non-hydrogen) atoms. The average molecular weight is 392 g/mol. The number of amides is 1. The van der Waals surface area contributed by atoms with E-state index in [4.69, 9.17) is 4.74 Å². The highest BCUT2D eigenvalue weighted by atomic mass is 16.5. The molecule has 1 amide bonds. The maximum absolute atomic E-state index is 12.9. The monoisotopic (exact) mass is 392 g/mol. The molecule has 0 atom stereocenters. The zero-order valence-corrected chi connectivity index (χ0v) is 16.2. The minimum atomic E-state index is -0.275. The van der Waals surface area contributed by atoms with Gasteiger partial charge in [0.25, 0.3) is 5.56 Å². The van der Waals surface area contributed by atoms with Gasteiger partial charge in [-0.1, -0.05) is 0 Å². The maximum atomic E-state index is 12.9. The molecule has 3 heterocycles. The molecule has 0 unspecified atom stereocenters. The van der Waals surface area contributed by atoms with Crippen LogP contribution >= 0.6 is 0 Å². The van der Waals surface area contributed by atoms with Crippen LogP contribution in [0.2, 0.25) is 0 Å². The largest absolute Gasteiger partial charge is 0.381 e. The van der Waals surface area contributed by atoms with Gasteiger partial charge in [-0.3, -0.25) is 14.2 Å². The fourth-order valence-electron chi connectivity index (χ4n) is 4.26. The summed E-state index contributed by atoms with van der Waals surface area (Å²) < 4.78 is 9.37. The molecule has 2 aliphatic rings. The first-order valence-corrected chi connectivity index (χ1v) is 10.2. The molecule has 0 spiro atoms. The number of nitrogens with one attached hydrogen (secondary N) is 1. The summed E-state index contributed by atoms with van der Waals surface area (Å²) in [5.41, 5.74) is 0.966. The van der Waals surface area contributed by atoms with E-state index in [0.717, 1.165) is 25.7 Å². The van der Waals surface area contributed by atoms with Crippen LogP contribution in [0.15, 0.2) is 53.8 Å². The third-order valence-electron chi connectivity index (χ3n) is 6.07. The van der Waals surface area contributed by atoms with Crippen molar-refractivity contribution < 1.29 is 9.53 Å². The Kier molecular flexibility index (Phi) is 4.47. The van der Waals surface area contributed by atoms with E-state index < -0.39 is 0 Å². The number of carbonyl (C=O) groups excluding carboxylic acids is 1. The fraction of sp³-hybridized carbons (Fsp3) is 0.409. The van der Waals surface area contributed by atoms with Gasteiger partial charge in [0, 0.05) is 37.3 Å². The topological polar surface area (TPSA) is 78.2 Å². The first-order valence-electron chi connectivity index (χ1n) is 10.2. The van der Waals surface area contributed by atoms with Crippen LogP contribution in [0.4, 0.5) is 5.69 Å². The van der Waals surface area contributed by atoms with E-state index in [0.29, 0.717) is 36.2 Å². The minimum Gasteiger partial charge on any atom is -0.381 e. The summed E-state index contributed by atoms with van der Waals surface area (Å²) in [6.07, 6.45) is 9.66. The molecule has 2 fully saturated rings. The molecule has 5 rings (SSSR count). The number of hydrogen-bond acceptors (Lipinski definition) is 4. The molecule has 1 N–H and O–H groups in total. The molecule has 1 saturated heterocycles. The minimum absolute atomic E-state index is 0.0400. The molecular formula is C22H24N4O3. The van der Waals surface area contributed by atoms with Crippen molar-refractivity contribution in [1.29, 1.82) is 0 Å². The second-order valence-electron chi connectivity index (χ2n) is 8.07. The van der Waals surface area contributed by atoms with Crippen LogP contribution in [-0.4, -0.2) is 33.2 Å². The molecule has 7 nitrogen and oxygen atoms in total. The van der Waals surface area contributed by atoms with Crippen LogP contribution in [0.5, 0.6) is 0 Å². The van der Waals surface area contributed by atoms with E-state index in [1.54, 1.807) is 29.1 Å². The van der Waals surface area contributed by atoms with Crippen molar-refractivity contribution >= 4 is 22.5 Å². The quantitative estimate of drug-likeness (QED) is 0.724. The number of ether oxygens (including phenoxy) is 1. The van der Waals surface area contributed by atoms with Gasteiger partial charge < -0.3 is 14.6 Å². The molecule has 1 aromatic carbocycles. The average Bonchev–Trinajstić information content (AvgIpc) is 3.41. The number of hydrogen-bond donors (Lipinski definition) is 1. The molecule has 1 saturated carbocycles. The van der Waals surface area contributed by atoms with Crippen molar-refractivity contribution in [1.82, 2.24) is 14.1 Å². The van der Waals surface area contributed by atoms with Crippen molar-refractivity contribution in [2.75, 3.05) is 18.5 Å². The SMILES string of the molecule is O=C(CC1(n2cccc2)CCOCC1)Nc1ccc2ncn(C3CC3)c(=O)c2c1. The Labute approximate surface area is 168 Å². The van der Waals surface area contributed by atoms with Crippen LogP contribution in [-0.2, 0) is 15.1 Å². The lowest BCUT2D eigenvalue weighted by molar-refractivity contribution is -0.119. The summed E-state index contributed by atoms with van der Waals surface area (Å²) >= 11 is 0. The molecule has 1 aliphatic carbocycles. The maximum Gasteiger partial charge on any atom is 0.261 e. The lowest BCUT2D eigenvalue weighted by atomic mass is 9.86. The van der Waals surface area contributed by atoms with Gasteiger partial charge in [0.05, 0.1) is 29.2 Å². The van der Waals surface area contributed by atoms with E-state index in [2.05, 4.69) is 14.9 Å². The number of benzene rings is 1. The summed E-state index contributed by atoms with van der Waals surface area (Å²) in [5, 5.41) is 3.54. The van der Waals surface area contributed by atoms with E-state index in [9.17, 15) is 9.59 Å². The Morgan fingerprint density at radius 2 is 1.97 bits per heavy atom. The highest BCUT2D eigenvalue weighted by Gasteiger charge is 2.36. The van der Waals surface area contributed by atoms with Crippen LogP contribution in [0.1, 0.15) is 38.1 Å². The van der Waals surface area contributed by atoms with Crippen LogP contribution < -0.4 is 10.9 Å². The highest BCUT2D eigenvalue weighted by molar-refractivity contribution is 5.94. The molecule has 1 aliphatic heterocycles. The van der Waals surface area contributed by atoms with Gasteiger partial charge in [-0.05, 0) is 56.0 Å². The number of fused-ring (bicyclic) bond motifs is 1. The predicted molar refractivity (Wildman–Crippen MR) is 110 cm³/mol. The number of nitrogens with zero attached hydrogens (tertiary/aromatic N) is 3. The molecule has 150 valence electrons. The zero-order chi connectivity index (χ0) is 19.8. The molecule has 3 aromatic rings. The molecule has 2 aromatic heterocycles. The van der Waals surface area contributed by atoms with Crippen molar-refractivity contribution in [3.05, 3.63) is 59.4 Å². The van der Waals surface area contributed by atoms with Crippen LogP contribution in [0, 0.1) is 0 Å². The first kappa shape index (κ1) is 18.1. The highest BCUT2D eigenvalue weighted by Crippen LogP contribution is 2.34. The van der Waals surface area contributed by atoms with Crippen LogP contribution in [0.3, 0.4) is 0 Å². The third-order valence-corrected chi connectivity index (χ3v) is 6.07. The summed E-state index contributed by atoms with van der Waals surface area (Å²) in [6.45, 7) is 1.29. The third kappa shape index (κ3) is 3.46. The van der Waals surface area contributed by atoms with Crippen molar-refractivity contribution in [2.24, 2.45) is 0 Å². The van der Waals surface area contributed by atoms with Crippen LogP contribution in [0.25, 0.3) is 10.9 Å². The number of aromatic nitrogens is 3. The first-order chi connectivity index (χ1) is 14.1. The number of carbonyl (C=O) groups is 1. The Bertz CT molecular complexity index is 1090. The van der Waals surface area contributed by atoms with Gasteiger partial charge in [-0.25, -0.2) is 4.98 Å². The van der Waals surface area contributed by atoms with Crippen molar-refractivity contribution in [2.45, 2.75) is 43.7 Å². The normalized spacial score (nSPS) is 18.6. The van der Waals surface area contributed by atoms with Gasteiger partial charge >= 0.3 is 0 Å². The Morgan fingerprint density at radius 3 is 2.69 bits per heavy atom. The lowest BCUT2D eigenvalue weighted by Crippen LogP contribution is -2.42. The predicted octanol–water partition coefficient (Wildman–Crippen LogP) is 3.07.